The maximum atomic E-state index is 11.9. The summed E-state index contributed by atoms with van der Waals surface area (Å²) in [5, 5.41) is 6.62. The van der Waals surface area contributed by atoms with E-state index in [0.29, 0.717) is 18.5 Å². The Bertz CT molecular complexity index is 268. The zero-order valence-electron chi connectivity index (χ0n) is 14.3. The molecule has 0 spiro atoms. The molecule has 1 aliphatic heterocycles. The van der Waals surface area contributed by atoms with Crippen molar-refractivity contribution < 1.29 is 4.79 Å². The Labute approximate surface area is 131 Å². The monoisotopic (exact) mass is 296 g/mol. The van der Waals surface area contributed by atoms with Gasteiger partial charge >= 0.3 is 0 Å². The SMILES string of the molecule is CCCCCCCCCCCC(=O)NC1CCCNC1C. The van der Waals surface area contributed by atoms with Gasteiger partial charge in [-0.1, -0.05) is 58.3 Å². The molecule has 0 aliphatic carbocycles. The second kappa shape index (κ2) is 12.0. The van der Waals surface area contributed by atoms with Gasteiger partial charge in [-0.3, -0.25) is 4.79 Å². The van der Waals surface area contributed by atoms with Crippen LogP contribution in [0.25, 0.3) is 0 Å². The lowest BCUT2D eigenvalue weighted by molar-refractivity contribution is -0.122. The average molecular weight is 296 g/mol. The minimum Gasteiger partial charge on any atom is -0.352 e. The predicted octanol–water partition coefficient (Wildman–Crippen LogP) is 4.16. The van der Waals surface area contributed by atoms with Crippen molar-refractivity contribution in [1.29, 1.82) is 0 Å². The van der Waals surface area contributed by atoms with Crippen molar-refractivity contribution in [1.82, 2.24) is 10.6 Å². The molecule has 1 heterocycles. The molecule has 1 saturated heterocycles. The van der Waals surface area contributed by atoms with E-state index in [1.54, 1.807) is 0 Å². The maximum Gasteiger partial charge on any atom is 0.220 e. The highest BCUT2D eigenvalue weighted by atomic mass is 16.1. The molecular formula is C18H36N2O. The number of nitrogens with one attached hydrogen (secondary N) is 2. The summed E-state index contributed by atoms with van der Waals surface area (Å²) in [6.07, 6.45) is 14.8. The van der Waals surface area contributed by atoms with E-state index >= 15 is 0 Å². The van der Waals surface area contributed by atoms with Gasteiger partial charge in [-0.15, -0.1) is 0 Å². The molecule has 0 radical (unpaired) electrons. The van der Waals surface area contributed by atoms with E-state index in [4.69, 9.17) is 0 Å². The number of hydrogen-bond donors (Lipinski definition) is 2. The number of piperidine rings is 1. The van der Waals surface area contributed by atoms with Crippen LogP contribution >= 0.6 is 0 Å². The second-order valence-electron chi connectivity index (χ2n) is 6.64. The average Bonchev–Trinajstić information content (AvgIpc) is 2.48. The van der Waals surface area contributed by atoms with Crippen molar-refractivity contribution in [2.24, 2.45) is 0 Å². The molecule has 1 aliphatic rings. The van der Waals surface area contributed by atoms with Crippen molar-refractivity contribution in [2.45, 2.75) is 103 Å². The summed E-state index contributed by atoms with van der Waals surface area (Å²) >= 11 is 0. The molecule has 21 heavy (non-hydrogen) atoms. The van der Waals surface area contributed by atoms with Crippen LogP contribution in [0.15, 0.2) is 0 Å². The fraction of sp³-hybridized carbons (Fsp3) is 0.944. The van der Waals surface area contributed by atoms with Crippen LogP contribution in [0.4, 0.5) is 0 Å². The van der Waals surface area contributed by atoms with Gasteiger partial charge < -0.3 is 10.6 Å². The van der Waals surface area contributed by atoms with Crippen LogP contribution in [-0.4, -0.2) is 24.5 Å². The summed E-state index contributed by atoms with van der Waals surface area (Å²) in [4.78, 5) is 11.9. The van der Waals surface area contributed by atoms with Crippen molar-refractivity contribution in [2.75, 3.05) is 6.54 Å². The zero-order valence-corrected chi connectivity index (χ0v) is 14.3. The molecular weight excluding hydrogens is 260 g/mol. The molecule has 0 aromatic heterocycles. The Morgan fingerprint density at radius 1 is 1.05 bits per heavy atom. The zero-order chi connectivity index (χ0) is 15.3. The summed E-state index contributed by atoms with van der Waals surface area (Å²) in [5.41, 5.74) is 0. The molecule has 0 saturated carbocycles. The lowest BCUT2D eigenvalue weighted by Crippen LogP contribution is -2.51. The number of rotatable bonds is 11. The molecule has 2 unspecified atom stereocenters. The van der Waals surface area contributed by atoms with Crippen molar-refractivity contribution >= 4 is 5.91 Å². The predicted molar refractivity (Wildman–Crippen MR) is 90.5 cm³/mol. The van der Waals surface area contributed by atoms with Gasteiger partial charge in [0, 0.05) is 18.5 Å². The minimum absolute atomic E-state index is 0.249. The van der Waals surface area contributed by atoms with E-state index in [0.717, 1.165) is 19.4 Å². The van der Waals surface area contributed by atoms with Crippen LogP contribution in [0, 0.1) is 0 Å². The molecule has 2 N–H and O–H groups in total. The van der Waals surface area contributed by atoms with E-state index in [-0.39, 0.29) is 5.91 Å². The van der Waals surface area contributed by atoms with Crippen molar-refractivity contribution in [3.8, 4) is 0 Å². The normalized spacial score (nSPS) is 22.2. The van der Waals surface area contributed by atoms with Gasteiger partial charge in [-0.2, -0.15) is 0 Å². The van der Waals surface area contributed by atoms with Gasteiger partial charge in [0.1, 0.15) is 0 Å². The first-order valence-corrected chi connectivity index (χ1v) is 9.26. The van der Waals surface area contributed by atoms with Crippen molar-refractivity contribution in [3.05, 3.63) is 0 Å². The third kappa shape index (κ3) is 9.13. The second-order valence-corrected chi connectivity index (χ2v) is 6.64. The third-order valence-corrected chi connectivity index (χ3v) is 4.62. The molecule has 0 bridgehead atoms. The lowest BCUT2D eigenvalue weighted by Gasteiger charge is -2.30. The van der Waals surface area contributed by atoms with Crippen LogP contribution in [0.1, 0.15) is 90.9 Å². The largest absolute Gasteiger partial charge is 0.352 e. The van der Waals surface area contributed by atoms with Crippen LogP contribution in [-0.2, 0) is 4.79 Å². The number of carbonyl (C=O) groups is 1. The third-order valence-electron chi connectivity index (χ3n) is 4.62. The summed E-state index contributed by atoms with van der Waals surface area (Å²) in [6, 6.07) is 0.760. The molecule has 3 heteroatoms. The maximum absolute atomic E-state index is 11.9. The highest BCUT2D eigenvalue weighted by Crippen LogP contribution is 2.11. The summed E-state index contributed by atoms with van der Waals surface area (Å²) in [7, 11) is 0. The first-order valence-electron chi connectivity index (χ1n) is 9.26. The molecule has 1 amide bonds. The summed E-state index contributed by atoms with van der Waals surface area (Å²) < 4.78 is 0. The fourth-order valence-corrected chi connectivity index (χ4v) is 3.12. The molecule has 1 fully saturated rings. The number of carbonyl (C=O) groups excluding carboxylic acids is 1. The van der Waals surface area contributed by atoms with Crippen LogP contribution in [0.5, 0.6) is 0 Å². The van der Waals surface area contributed by atoms with E-state index in [9.17, 15) is 4.79 Å². The highest BCUT2D eigenvalue weighted by Gasteiger charge is 2.21. The number of hydrogen-bond acceptors (Lipinski definition) is 2. The molecule has 1 rings (SSSR count). The Balaban J connectivity index is 1.91. The standard InChI is InChI=1S/C18H36N2O/c1-3-4-5-6-7-8-9-10-11-14-18(21)20-17-13-12-15-19-16(17)2/h16-17,19H,3-15H2,1-2H3,(H,20,21). The first kappa shape index (κ1) is 18.5. The van der Waals surface area contributed by atoms with Crippen molar-refractivity contribution in [3.63, 3.8) is 0 Å². The minimum atomic E-state index is 0.249. The van der Waals surface area contributed by atoms with Gasteiger partial charge in [0.25, 0.3) is 0 Å². The molecule has 0 aromatic rings. The molecule has 3 nitrogen and oxygen atoms in total. The van der Waals surface area contributed by atoms with Gasteiger partial charge in [0.2, 0.25) is 5.91 Å². The Kier molecular flexibility index (Phi) is 10.6. The smallest absolute Gasteiger partial charge is 0.220 e. The van der Waals surface area contributed by atoms with Crippen LogP contribution < -0.4 is 10.6 Å². The molecule has 2 atom stereocenters. The molecule has 124 valence electrons. The quantitative estimate of drug-likeness (QED) is 0.562. The van der Waals surface area contributed by atoms with E-state index in [2.05, 4.69) is 24.5 Å². The van der Waals surface area contributed by atoms with E-state index in [1.165, 1.54) is 57.8 Å². The Hall–Kier alpha value is -0.570. The van der Waals surface area contributed by atoms with Gasteiger partial charge in [-0.05, 0) is 32.7 Å². The van der Waals surface area contributed by atoms with Crippen LogP contribution in [0.3, 0.4) is 0 Å². The van der Waals surface area contributed by atoms with E-state index < -0.39 is 0 Å². The summed E-state index contributed by atoms with van der Waals surface area (Å²) in [6.45, 7) is 5.52. The highest BCUT2D eigenvalue weighted by molar-refractivity contribution is 5.76. The topological polar surface area (TPSA) is 41.1 Å². The van der Waals surface area contributed by atoms with Crippen LogP contribution in [0.2, 0.25) is 0 Å². The Morgan fingerprint density at radius 2 is 1.67 bits per heavy atom. The first-order chi connectivity index (χ1) is 10.2. The molecule has 0 aromatic carbocycles. The van der Waals surface area contributed by atoms with Gasteiger partial charge in [0.15, 0.2) is 0 Å². The van der Waals surface area contributed by atoms with Gasteiger partial charge in [-0.25, -0.2) is 0 Å². The number of amides is 1. The Morgan fingerprint density at radius 3 is 2.29 bits per heavy atom. The van der Waals surface area contributed by atoms with E-state index in [1.807, 2.05) is 0 Å². The fourth-order valence-electron chi connectivity index (χ4n) is 3.12. The van der Waals surface area contributed by atoms with Gasteiger partial charge in [0.05, 0.1) is 0 Å². The number of unbranched alkanes of at least 4 members (excludes halogenated alkanes) is 8. The lowest BCUT2D eigenvalue weighted by atomic mass is 9.99. The summed E-state index contributed by atoms with van der Waals surface area (Å²) in [5.74, 6) is 0.249.